The lowest BCUT2D eigenvalue weighted by Crippen LogP contribution is -2.48. The van der Waals surface area contributed by atoms with Gasteiger partial charge in [-0.1, -0.05) is 6.07 Å². The van der Waals surface area contributed by atoms with Gasteiger partial charge in [0.15, 0.2) is 6.61 Å². The molecule has 2 amide bonds. The van der Waals surface area contributed by atoms with Crippen molar-refractivity contribution in [3.63, 3.8) is 0 Å². The Balaban J connectivity index is 1.97. The number of piperidine rings is 1. The lowest BCUT2D eigenvalue weighted by molar-refractivity contribution is -0.188. The van der Waals surface area contributed by atoms with Crippen molar-refractivity contribution < 1.29 is 40.7 Å². The van der Waals surface area contributed by atoms with Crippen LogP contribution < -0.4 is 10.1 Å². The molecule has 5 nitrogen and oxygen atoms in total. The van der Waals surface area contributed by atoms with Gasteiger partial charge in [0, 0.05) is 24.8 Å². The highest BCUT2D eigenvalue weighted by Crippen LogP contribution is 2.33. The molecule has 0 aromatic heterocycles. The molecule has 1 N–H and O–H groups in total. The van der Waals surface area contributed by atoms with Crippen molar-refractivity contribution in [2.24, 2.45) is 5.92 Å². The molecule has 2 rings (SSSR count). The third-order valence-corrected chi connectivity index (χ3v) is 3.86. The summed E-state index contributed by atoms with van der Waals surface area (Å²) in [7, 11) is 0. The zero-order valence-corrected chi connectivity index (χ0v) is 13.9. The number of carbonyl (C=O) groups excluding carboxylic acids is 2. The first-order chi connectivity index (χ1) is 12.5. The number of nitrogens with zero attached hydrogens (tertiary/aromatic N) is 1. The SMILES string of the molecule is O=C(Nc1cccc(OCC(F)(F)F)c1)C(=O)N1CCC[C@H](C(F)(F)F)C1. The number of alkyl halides is 6. The van der Waals surface area contributed by atoms with E-state index in [2.05, 4.69) is 10.1 Å². The molecule has 1 aliphatic rings. The smallest absolute Gasteiger partial charge is 0.422 e. The number of hydrogen-bond donors (Lipinski definition) is 1. The van der Waals surface area contributed by atoms with E-state index in [4.69, 9.17) is 0 Å². The molecule has 0 unspecified atom stereocenters. The quantitative estimate of drug-likeness (QED) is 0.628. The fraction of sp³-hybridized carbons (Fsp3) is 0.500. The van der Waals surface area contributed by atoms with Crippen molar-refractivity contribution in [3.8, 4) is 5.75 Å². The largest absolute Gasteiger partial charge is 0.484 e. The summed E-state index contributed by atoms with van der Waals surface area (Å²) in [5.41, 5.74) is -0.0163. The van der Waals surface area contributed by atoms with E-state index >= 15 is 0 Å². The highest BCUT2D eigenvalue weighted by atomic mass is 19.4. The highest BCUT2D eigenvalue weighted by molar-refractivity contribution is 6.39. The first-order valence-electron chi connectivity index (χ1n) is 7.92. The van der Waals surface area contributed by atoms with Crippen LogP contribution >= 0.6 is 0 Å². The second-order valence-electron chi connectivity index (χ2n) is 6.02. The Hall–Kier alpha value is -2.46. The first kappa shape index (κ1) is 20.8. The van der Waals surface area contributed by atoms with Gasteiger partial charge in [-0.15, -0.1) is 0 Å². The molecule has 1 heterocycles. The predicted molar refractivity (Wildman–Crippen MR) is 82.0 cm³/mol. The molecule has 0 saturated carbocycles. The molecule has 0 aliphatic carbocycles. The molecule has 150 valence electrons. The van der Waals surface area contributed by atoms with E-state index in [0.717, 1.165) is 11.0 Å². The minimum atomic E-state index is -4.54. The highest BCUT2D eigenvalue weighted by Gasteiger charge is 2.43. The van der Waals surface area contributed by atoms with Gasteiger partial charge < -0.3 is 15.0 Å². The topological polar surface area (TPSA) is 58.6 Å². The van der Waals surface area contributed by atoms with E-state index in [1.807, 2.05) is 0 Å². The summed E-state index contributed by atoms with van der Waals surface area (Å²) >= 11 is 0. The molecule has 0 spiro atoms. The molecule has 0 bridgehead atoms. The van der Waals surface area contributed by atoms with Crippen LogP contribution in [0.25, 0.3) is 0 Å². The molecule has 0 radical (unpaired) electrons. The monoisotopic (exact) mass is 398 g/mol. The number of benzene rings is 1. The second kappa shape index (κ2) is 8.05. The Morgan fingerprint density at radius 2 is 1.89 bits per heavy atom. The van der Waals surface area contributed by atoms with E-state index in [0.29, 0.717) is 0 Å². The summed E-state index contributed by atoms with van der Waals surface area (Å²) in [5, 5.41) is 2.16. The van der Waals surface area contributed by atoms with E-state index < -0.39 is 43.2 Å². The number of likely N-dealkylation sites (tertiary alicyclic amines) is 1. The molecule has 1 aromatic rings. The molecule has 27 heavy (non-hydrogen) atoms. The first-order valence-corrected chi connectivity index (χ1v) is 7.92. The molecule has 1 saturated heterocycles. The summed E-state index contributed by atoms with van der Waals surface area (Å²) < 4.78 is 79.4. The zero-order chi connectivity index (χ0) is 20.2. The van der Waals surface area contributed by atoms with Crippen molar-refractivity contribution in [1.29, 1.82) is 0 Å². The van der Waals surface area contributed by atoms with Gasteiger partial charge in [-0.05, 0) is 25.0 Å². The van der Waals surface area contributed by atoms with E-state index in [1.165, 1.54) is 18.2 Å². The van der Waals surface area contributed by atoms with Gasteiger partial charge in [0.05, 0.1) is 5.92 Å². The molecule has 1 aliphatic heterocycles. The Labute approximate surface area is 150 Å². The third-order valence-electron chi connectivity index (χ3n) is 3.86. The second-order valence-corrected chi connectivity index (χ2v) is 6.02. The van der Waals surface area contributed by atoms with Crippen LogP contribution in [-0.4, -0.2) is 48.8 Å². The van der Waals surface area contributed by atoms with Gasteiger partial charge >= 0.3 is 24.2 Å². The Morgan fingerprint density at radius 1 is 1.19 bits per heavy atom. The average molecular weight is 398 g/mol. The minimum Gasteiger partial charge on any atom is -0.484 e. The Kier molecular flexibility index (Phi) is 6.22. The van der Waals surface area contributed by atoms with Crippen LogP contribution in [0.4, 0.5) is 32.0 Å². The fourth-order valence-corrected chi connectivity index (χ4v) is 2.59. The number of anilines is 1. The number of carbonyl (C=O) groups is 2. The molecular weight excluding hydrogens is 382 g/mol. The number of rotatable bonds is 3. The number of ether oxygens (including phenoxy) is 1. The maximum atomic E-state index is 12.8. The Bertz CT molecular complexity index is 689. The molecule has 1 fully saturated rings. The summed E-state index contributed by atoms with van der Waals surface area (Å²) in [4.78, 5) is 24.9. The van der Waals surface area contributed by atoms with Crippen molar-refractivity contribution in [2.75, 3.05) is 25.0 Å². The minimum absolute atomic E-state index is 0.0163. The van der Waals surface area contributed by atoms with Gasteiger partial charge in [-0.2, -0.15) is 26.3 Å². The van der Waals surface area contributed by atoms with Crippen LogP contribution in [0.15, 0.2) is 24.3 Å². The van der Waals surface area contributed by atoms with Gasteiger partial charge in [0.25, 0.3) is 0 Å². The summed E-state index contributed by atoms with van der Waals surface area (Å²) in [5.74, 6) is -4.19. The third kappa shape index (κ3) is 6.33. The normalized spacial score (nSPS) is 18.1. The standard InChI is InChI=1S/C16H16F6N2O3/c17-15(18,19)9-27-12-5-1-4-11(7-12)23-13(25)14(26)24-6-2-3-10(8-24)16(20,21)22/h1,4-5,7,10H,2-3,6,8-9H2,(H,23,25)/t10-/m0/s1. The zero-order valence-electron chi connectivity index (χ0n) is 13.9. The van der Waals surface area contributed by atoms with Crippen LogP contribution in [-0.2, 0) is 9.59 Å². The van der Waals surface area contributed by atoms with Crippen LogP contribution in [0.3, 0.4) is 0 Å². The van der Waals surface area contributed by atoms with Crippen molar-refractivity contribution >= 4 is 17.5 Å². The lowest BCUT2D eigenvalue weighted by Gasteiger charge is -2.33. The van der Waals surface area contributed by atoms with Gasteiger partial charge in [0.2, 0.25) is 0 Å². The average Bonchev–Trinajstić information content (AvgIpc) is 2.58. The maximum Gasteiger partial charge on any atom is 0.422 e. The number of nitrogens with one attached hydrogen (secondary N) is 1. The molecular formula is C16H16F6N2O3. The molecule has 1 atom stereocenters. The van der Waals surface area contributed by atoms with E-state index in [9.17, 15) is 35.9 Å². The molecule has 1 aromatic carbocycles. The number of halogens is 6. The van der Waals surface area contributed by atoms with Crippen LogP contribution in [0.1, 0.15) is 12.8 Å². The van der Waals surface area contributed by atoms with Crippen molar-refractivity contribution in [1.82, 2.24) is 4.90 Å². The van der Waals surface area contributed by atoms with Crippen molar-refractivity contribution in [2.45, 2.75) is 25.2 Å². The van der Waals surface area contributed by atoms with Gasteiger partial charge in [-0.25, -0.2) is 0 Å². The lowest BCUT2D eigenvalue weighted by atomic mass is 9.97. The van der Waals surface area contributed by atoms with E-state index in [1.54, 1.807) is 0 Å². The summed E-state index contributed by atoms with van der Waals surface area (Å²) in [6.07, 6.45) is -9.00. The molecule has 11 heteroatoms. The summed E-state index contributed by atoms with van der Waals surface area (Å²) in [6.45, 7) is -2.12. The van der Waals surface area contributed by atoms with Gasteiger partial charge in [-0.3, -0.25) is 9.59 Å². The number of hydrogen-bond acceptors (Lipinski definition) is 3. The van der Waals surface area contributed by atoms with E-state index in [-0.39, 0.29) is 30.8 Å². The van der Waals surface area contributed by atoms with Gasteiger partial charge in [0.1, 0.15) is 5.75 Å². The summed E-state index contributed by atoms with van der Waals surface area (Å²) in [6, 6.07) is 4.90. The predicted octanol–water partition coefficient (Wildman–Crippen LogP) is 3.37. The van der Waals surface area contributed by atoms with Crippen LogP contribution in [0, 0.1) is 5.92 Å². The maximum absolute atomic E-state index is 12.8. The Morgan fingerprint density at radius 3 is 2.52 bits per heavy atom. The van der Waals surface area contributed by atoms with Crippen LogP contribution in [0.5, 0.6) is 5.75 Å². The van der Waals surface area contributed by atoms with Crippen LogP contribution in [0.2, 0.25) is 0 Å². The van der Waals surface area contributed by atoms with Crippen molar-refractivity contribution in [3.05, 3.63) is 24.3 Å². The fourth-order valence-electron chi connectivity index (χ4n) is 2.59. The number of amides is 2.